The Hall–Kier alpha value is -0.610. The molecule has 1 saturated heterocycles. The van der Waals surface area contributed by atoms with E-state index >= 15 is 0 Å². The summed E-state index contributed by atoms with van der Waals surface area (Å²) >= 11 is 0. The molecule has 2 rings (SSSR count). The van der Waals surface area contributed by atoms with Gasteiger partial charge in [0.25, 0.3) is 0 Å². The van der Waals surface area contributed by atoms with Crippen LogP contribution in [0.25, 0.3) is 0 Å². The number of amides is 1. The van der Waals surface area contributed by atoms with Gasteiger partial charge in [0.2, 0.25) is 5.91 Å². The van der Waals surface area contributed by atoms with Gasteiger partial charge in [0.15, 0.2) is 0 Å². The van der Waals surface area contributed by atoms with E-state index in [1.54, 1.807) is 0 Å². The lowest BCUT2D eigenvalue weighted by Crippen LogP contribution is -2.47. The van der Waals surface area contributed by atoms with E-state index in [2.05, 4.69) is 36.4 Å². The molecule has 1 aliphatic heterocycles. The van der Waals surface area contributed by atoms with Gasteiger partial charge < -0.3 is 10.6 Å². The average Bonchev–Trinajstić information content (AvgIpc) is 3.15. The van der Waals surface area contributed by atoms with Crippen molar-refractivity contribution in [1.82, 2.24) is 15.5 Å². The number of hydrogen-bond acceptors (Lipinski definition) is 3. The van der Waals surface area contributed by atoms with Gasteiger partial charge in [0.1, 0.15) is 0 Å². The highest BCUT2D eigenvalue weighted by Gasteiger charge is 2.40. The van der Waals surface area contributed by atoms with E-state index in [0.29, 0.717) is 6.04 Å². The molecule has 2 unspecified atom stereocenters. The molecule has 0 aromatic carbocycles. The highest BCUT2D eigenvalue weighted by molar-refractivity contribution is 5.83. The van der Waals surface area contributed by atoms with Crippen molar-refractivity contribution in [2.24, 2.45) is 5.41 Å². The fourth-order valence-electron chi connectivity index (χ4n) is 3.16. The molecule has 2 aliphatic rings. The van der Waals surface area contributed by atoms with Crippen LogP contribution in [0.4, 0.5) is 0 Å². The second-order valence-electron chi connectivity index (χ2n) is 6.41. The molecule has 1 aliphatic carbocycles. The van der Waals surface area contributed by atoms with E-state index in [0.717, 1.165) is 44.9 Å². The van der Waals surface area contributed by atoms with E-state index in [-0.39, 0.29) is 11.3 Å². The molecule has 0 aromatic rings. The maximum Gasteiger partial charge on any atom is 0.227 e. The van der Waals surface area contributed by atoms with Crippen molar-refractivity contribution in [3.63, 3.8) is 0 Å². The third kappa shape index (κ3) is 3.48. The summed E-state index contributed by atoms with van der Waals surface area (Å²) in [4.78, 5) is 14.9. The number of carbonyl (C=O) groups excluding carboxylic acids is 1. The van der Waals surface area contributed by atoms with Crippen molar-refractivity contribution < 1.29 is 4.79 Å². The van der Waals surface area contributed by atoms with Gasteiger partial charge in [0.05, 0.1) is 5.41 Å². The average molecular weight is 267 g/mol. The summed E-state index contributed by atoms with van der Waals surface area (Å²) in [6.45, 7) is 6.97. The minimum atomic E-state index is -0.146. The number of hydrogen-bond donors (Lipinski definition) is 2. The molecule has 110 valence electrons. The summed E-state index contributed by atoms with van der Waals surface area (Å²) in [7, 11) is 2.17. The first-order chi connectivity index (χ1) is 9.09. The van der Waals surface area contributed by atoms with Crippen molar-refractivity contribution in [3.8, 4) is 0 Å². The molecule has 2 N–H and O–H groups in total. The molecule has 0 spiro atoms. The molecule has 0 radical (unpaired) electrons. The Morgan fingerprint density at radius 3 is 2.79 bits per heavy atom. The van der Waals surface area contributed by atoms with Crippen LogP contribution in [0, 0.1) is 5.41 Å². The van der Waals surface area contributed by atoms with Crippen LogP contribution < -0.4 is 10.6 Å². The summed E-state index contributed by atoms with van der Waals surface area (Å²) in [6.07, 6.45) is 5.70. The lowest BCUT2D eigenvalue weighted by Gasteiger charge is -2.29. The van der Waals surface area contributed by atoms with Gasteiger partial charge in [-0.05, 0) is 46.2 Å². The second kappa shape index (κ2) is 6.23. The van der Waals surface area contributed by atoms with Gasteiger partial charge in [-0.25, -0.2) is 0 Å². The van der Waals surface area contributed by atoms with Crippen LogP contribution in [0.3, 0.4) is 0 Å². The molecule has 0 bridgehead atoms. The largest absolute Gasteiger partial charge is 0.354 e. The van der Waals surface area contributed by atoms with Gasteiger partial charge >= 0.3 is 0 Å². The summed E-state index contributed by atoms with van der Waals surface area (Å²) in [6, 6.07) is 1.19. The summed E-state index contributed by atoms with van der Waals surface area (Å²) in [5.41, 5.74) is -0.146. The topological polar surface area (TPSA) is 44.4 Å². The summed E-state index contributed by atoms with van der Waals surface area (Å²) in [5, 5.41) is 6.54. The van der Waals surface area contributed by atoms with Crippen LogP contribution in [0.1, 0.15) is 46.0 Å². The lowest BCUT2D eigenvalue weighted by atomic mass is 9.81. The molecule has 4 heteroatoms. The summed E-state index contributed by atoms with van der Waals surface area (Å²) < 4.78 is 0. The second-order valence-corrected chi connectivity index (χ2v) is 6.41. The van der Waals surface area contributed by atoms with Crippen LogP contribution in [0.15, 0.2) is 0 Å². The van der Waals surface area contributed by atoms with E-state index in [1.165, 1.54) is 12.8 Å². The first-order valence-corrected chi connectivity index (χ1v) is 7.80. The third-order valence-electron chi connectivity index (χ3n) is 4.83. The monoisotopic (exact) mass is 267 g/mol. The van der Waals surface area contributed by atoms with Crippen molar-refractivity contribution in [1.29, 1.82) is 0 Å². The van der Waals surface area contributed by atoms with Crippen molar-refractivity contribution in [2.75, 3.05) is 26.7 Å². The Morgan fingerprint density at radius 1 is 1.53 bits per heavy atom. The predicted octanol–water partition coefficient (Wildman–Crippen LogP) is 1.37. The number of likely N-dealkylation sites (N-methyl/N-ethyl adjacent to an activating group) is 1. The summed E-state index contributed by atoms with van der Waals surface area (Å²) in [5.74, 6) is 0.260. The zero-order valence-corrected chi connectivity index (χ0v) is 12.7. The zero-order valence-electron chi connectivity index (χ0n) is 12.7. The van der Waals surface area contributed by atoms with Crippen LogP contribution in [-0.4, -0.2) is 49.6 Å². The molecule has 1 saturated carbocycles. The van der Waals surface area contributed by atoms with Crippen LogP contribution in [-0.2, 0) is 4.79 Å². The maximum absolute atomic E-state index is 12.5. The van der Waals surface area contributed by atoms with Gasteiger partial charge in [-0.1, -0.05) is 13.3 Å². The first-order valence-electron chi connectivity index (χ1n) is 7.80. The molecule has 4 nitrogen and oxygen atoms in total. The number of nitrogens with zero attached hydrogens (tertiary/aromatic N) is 1. The lowest BCUT2D eigenvalue weighted by molar-refractivity contribution is -0.130. The molecule has 2 atom stereocenters. The van der Waals surface area contributed by atoms with E-state index in [1.807, 2.05) is 0 Å². The molecular formula is C15H29N3O. The zero-order chi connectivity index (χ0) is 13.9. The molecular weight excluding hydrogens is 238 g/mol. The quantitative estimate of drug-likeness (QED) is 0.732. The fraction of sp³-hybridized carbons (Fsp3) is 0.933. The molecule has 1 heterocycles. The maximum atomic E-state index is 12.5. The predicted molar refractivity (Wildman–Crippen MR) is 78.1 cm³/mol. The Balaban J connectivity index is 1.81. The smallest absolute Gasteiger partial charge is 0.227 e. The standard InChI is InChI=1S/C15H29N3O/c1-4-7-15(8-9-16-11-15)14(19)17-10-12(2)18(3)13-5-6-13/h12-13,16H,4-11H2,1-3H3,(H,17,19). The molecule has 2 fully saturated rings. The number of rotatable bonds is 7. The van der Waals surface area contributed by atoms with Crippen molar-refractivity contribution in [2.45, 2.75) is 58.0 Å². The van der Waals surface area contributed by atoms with Crippen LogP contribution >= 0.6 is 0 Å². The Labute approximate surface area is 117 Å². The SMILES string of the molecule is CCCC1(C(=O)NCC(C)N(C)C2CC2)CCNC1. The Kier molecular flexibility index (Phi) is 4.85. The van der Waals surface area contributed by atoms with E-state index in [9.17, 15) is 4.79 Å². The fourth-order valence-corrected chi connectivity index (χ4v) is 3.16. The van der Waals surface area contributed by atoms with Gasteiger partial charge in [-0.2, -0.15) is 0 Å². The first kappa shape index (κ1) is 14.8. The Morgan fingerprint density at radius 2 is 2.26 bits per heavy atom. The van der Waals surface area contributed by atoms with Gasteiger partial charge in [-0.15, -0.1) is 0 Å². The number of carbonyl (C=O) groups is 1. The van der Waals surface area contributed by atoms with E-state index < -0.39 is 0 Å². The minimum Gasteiger partial charge on any atom is -0.354 e. The number of nitrogens with one attached hydrogen (secondary N) is 2. The third-order valence-corrected chi connectivity index (χ3v) is 4.83. The van der Waals surface area contributed by atoms with Gasteiger partial charge in [0, 0.05) is 25.2 Å². The molecule has 19 heavy (non-hydrogen) atoms. The minimum absolute atomic E-state index is 0.146. The van der Waals surface area contributed by atoms with Crippen LogP contribution in [0.5, 0.6) is 0 Å². The highest BCUT2D eigenvalue weighted by Crippen LogP contribution is 2.31. The van der Waals surface area contributed by atoms with Gasteiger partial charge in [-0.3, -0.25) is 9.69 Å². The van der Waals surface area contributed by atoms with Crippen molar-refractivity contribution in [3.05, 3.63) is 0 Å². The Bertz CT molecular complexity index is 309. The van der Waals surface area contributed by atoms with E-state index in [4.69, 9.17) is 0 Å². The molecule has 0 aromatic heterocycles. The van der Waals surface area contributed by atoms with Crippen molar-refractivity contribution >= 4 is 5.91 Å². The highest BCUT2D eigenvalue weighted by atomic mass is 16.2. The van der Waals surface area contributed by atoms with Crippen LogP contribution in [0.2, 0.25) is 0 Å². The molecule has 1 amide bonds. The normalized spacial score (nSPS) is 28.6.